The van der Waals surface area contributed by atoms with Gasteiger partial charge in [-0.2, -0.15) is 0 Å². The van der Waals surface area contributed by atoms with Crippen LogP contribution < -0.4 is 10.6 Å². The van der Waals surface area contributed by atoms with Crippen molar-refractivity contribution in [1.29, 1.82) is 0 Å². The van der Waals surface area contributed by atoms with Gasteiger partial charge in [0.25, 0.3) is 0 Å². The average Bonchev–Trinajstić information content (AvgIpc) is 3.23. The van der Waals surface area contributed by atoms with Gasteiger partial charge < -0.3 is 25.0 Å². The van der Waals surface area contributed by atoms with Crippen molar-refractivity contribution in [1.82, 2.24) is 15.5 Å². The number of carbonyl (C=O) groups excluding carboxylic acids is 1. The van der Waals surface area contributed by atoms with E-state index < -0.39 is 0 Å². The zero-order chi connectivity index (χ0) is 17.4. The molecular formula is C17H33IN4O3. The molecule has 25 heavy (non-hydrogen) atoms. The molecule has 0 aromatic rings. The van der Waals surface area contributed by atoms with E-state index in [0.717, 1.165) is 25.9 Å². The van der Waals surface area contributed by atoms with Gasteiger partial charge in [0.2, 0.25) is 5.91 Å². The number of hydrogen-bond acceptors (Lipinski definition) is 4. The van der Waals surface area contributed by atoms with Crippen LogP contribution in [0.1, 0.15) is 39.0 Å². The average molecular weight is 468 g/mol. The molecule has 0 spiro atoms. The zero-order valence-electron chi connectivity index (χ0n) is 15.6. The number of halogens is 1. The summed E-state index contributed by atoms with van der Waals surface area (Å²) in [5.74, 6) is 0.699. The normalized spacial score (nSPS) is 22.4. The second-order valence-corrected chi connectivity index (χ2v) is 6.94. The first kappa shape index (κ1) is 22.4. The SMILES string of the molecule is CC(COC1CCOC1)NC(=NCC(=O)N(C)C)NC1CCCC1.I. The number of carbonyl (C=O) groups is 1. The van der Waals surface area contributed by atoms with Gasteiger partial charge in [0.1, 0.15) is 6.54 Å². The number of nitrogens with one attached hydrogen (secondary N) is 2. The van der Waals surface area contributed by atoms with Crippen molar-refractivity contribution in [2.75, 3.05) is 40.5 Å². The molecular weight excluding hydrogens is 435 g/mol. The minimum absolute atomic E-state index is 0. The molecule has 1 aliphatic heterocycles. The Morgan fingerprint density at radius 2 is 2.04 bits per heavy atom. The molecule has 8 heteroatoms. The van der Waals surface area contributed by atoms with Gasteiger partial charge in [-0.15, -0.1) is 24.0 Å². The van der Waals surface area contributed by atoms with Crippen LogP contribution in [0.3, 0.4) is 0 Å². The number of amides is 1. The Labute approximate surface area is 168 Å². The molecule has 1 saturated heterocycles. The highest BCUT2D eigenvalue weighted by molar-refractivity contribution is 14.0. The highest BCUT2D eigenvalue weighted by Crippen LogP contribution is 2.17. The largest absolute Gasteiger partial charge is 0.379 e. The Morgan fingerprint density at radius 3 is 2.64 bits per heavy atom. The van der Waals surface area contributed by atoms with E-state index in [2.05, 4.69) is 22.5 Å². The van der Waals surface area contributed by atoms with Crippen molar-refractivity contribution in [3.63, 3.8) is 0 Å². The fourth-order valence-electron chi connectivity index (χ4n) is 2.88. The highest BCUT2D eigenvalue weighted by atomic mass is 127. The summed E-state index contributed by atoms with van der Waals surface area (Å²) in [7, 11) is 3.49. The number of guanidine groups is 1. The lowest BCUT2D eigenvalue weighted by Gasteiger charge is -2.22. The van der Waals surface area contributed by atoms with Crippen LogP contribution in [0.25, 0.3) is 0 Å². The molecule has 1 saturated carbocycles. The summed E-state index contributed by atoms with van der Waals surface area (Å²) in [6.07, 6.45) is 5.99. The molecule has 1 heterocycles. The van der Waals surface area contributed by atoms with E-state index in [4.69, 9.17) is 9.47 Å². The van der Waals surface area contributed by atoms with Gasteiger partial charge in [-0.1, -0.05) is 12.8 Å². The zero-order valence-corrected chi connectivity index (χ0v) is 18.0. The van der Waals surface area contributed by atoms with Crippen LogP contribution in [0.5, 0.6) is 0 Å². The second kappa shape index (κ2) is 11.9. The van der Waals surface area contributed by atoms with Crippen LogP contribution in [0, 0.1) is 0 Å². The van der Waals surface area contributed by atoms with Crippen LogP contribution in [0.15, 0.2) is 4.99 Å². The summed E-state index contributed by atoms with van der Waals surface area (Å²) in [5.41, 5.74) is 0. The van der Waals surface area contributed by atoms with Gasteiger partial charge in [-0.05, 0) is 26.2 Å². The summed E-state index contributed by atoms with van der Waals surface area (Å²) in [6.45, 7) is 4.29. The molecule has 1 aliphatic carbocycles. The monoisotopic (exact) mass is 468 g/mol. The molecule has 0 bridgehead atoms. The third-order valence-corrected chi connectivity index (χ3v) is 4.42. The minimum atomic E-state index is -0.00507. The number of hydrogen-bond donors (Lipinski definition) is 2. The molecule has 2 fully saturated rings. The molecule has 0 aromatic heterocycles. The summed E-state index contributed by atoms with van der Waals surface area (Å²) in [6, 6.07) is 0.565. The predicted octanol–water partition coefficient (Wildman–Crippen LogP) is 1.36. The van der Waals surface area contributed by atoms with Crippen LogP contribution in [0.2, 0.25) is 0 Å². The van der Waals surface area contributed by atoms with Crippen molar-refractivity contribution >= 4 is 35.8 Å². The molecule has 2 unspecified atom stereocenters. The summed E-state index contributed by atoms with van der Waals surface area (Å²) >= 11 is 0. The second-order valence-electron chi connectivity index (χ2n) is 6.94. The van der Waals surface area contributed by atoms with E-state index in [-0.39, 0.29) is 48.6 Å². The standard InChI is InChI=1S/C17H32N4O3.HI/c1-13(11-24-15-8-9-23-12-15)19-17(18-10-16(22)21(2)3)20-14-6-4-5-7-14;/h13-15H,4-12H2,1-3H3,(H2,18,19,20);1H. The maximum Gasteiger partial charge on any atom is 0.243 e. The third-order valence-electron chi connectivity index (χ3n) is 4.42. The lowest BCUT2D eigenvalue weighted by Crippen LogP contribution is -2.48. The molecule has 2 aliphatic rings. The molecule has 2 atom stereocenters. The first-order valence-corrected chi connectivity index (χ1v) is 9.01. The van der Waals surface area contributed by atoms with Crippen LogP contribution >= 0.6 is 24.0 Å². The Bertz CT molecular complexity index is 422. The Kier molecular flexibility index (Phi) is 10.7. The number of aliphatic imine (C=N–C) groups is 1. The fraction of sp³-hybridized carbons (Fsp3) is 0.882. The van der Waals surface area contributed by atoms with Gasteiger partial charge in [0, 0.05) is 32.8 Å². The minimum Gasteiger partial charge on any atom is -0.379 e. The molecule has 7 nitrogen and oxygen atoms in total. The third kappa shape index (κ3) is 8.54. The van der Waals surface area contributed by atoms with Gasteiger partial charge in [0.05, 0.1) is 19.3 Å². The number of rotatable bonds is 7. The van der Waals surface area contributed by atoms with E-state index >= 15 is 0 Å². The molecule has 146 valence electrons. The van der Waals surface area contributed by atoms with Gasteiger partial charge in [-0.3, -0.25) is 4.79 Å². The Balaban J connectivity index is 0.00000312. The first-order valence-electron chi connectivity index (χ1n) is 9.01. The maximum atomic E-state index is 11.8. The summed E-state index contributed by atoms with van der Waals surface area (Å²) in [5, 5.41) is 6.82. The van der Waals surface area contributed by atoms with E-state index in [1.54, 1.807) is 19.0 Å². The van der Waals surface area contributed by atoms with E-state index in [1.165, 1.54) is 12.8 Å². The topological polar surface area (TPSA) is 75.2 Å². The van der Waals surface area contributed by atoms with Crippen molar-refractivity contribution < 1.29 is 14.3 Å². The van der Waals surface area contributed by atoms with E-state index in [0.29, 0.717) is 25.2 Å². The molecule has 0 aromatic carbocycles. The molecule has 2 rings (SSSR count). The van der Waals surface area contributed by atoms with Gasteiger partial charge in [0.15, 0.2) is 5.96 Å². The number of likely N-dealkylation sites (N-methyl/N-ethyl adjacent to an activating group) is 1. The summed E-state index contributed by atoms with van der Waals surface area (Å²) in [4.78, 5) is 17.8. The lowest BCUT2D eigenvalue weighted by molar-refractivity contribution is -0.127. The lowest BCUT2D eigenvalue weighted by atomic mass is 10.2. The molecule has 0 radical (unpaired) electrons. The smallest absolute Gasteiger partial charge is 0.243 e. The van der Waals surface area contributed by atoms with Crippen molar-refractivity contribution in [2.45, 2.75) is 57.2 Å². The fourth-order valence-corrected chi connectivity index (χ4v) is 2.88. The highest BCUT2D eigenvalue weighted by Gasteiger charge is 2.19. The van der Waals surface area contributed by atoms with Gasteiger partial charge >= 0.3 is 0 Å². The maximum absolute atomic E-state index is 11.8. The van der Waals surface area contributed by atoms with Crippen molar-refractivity contribution in [2.24, 2.45) is 4.99 Å². The van der Waals surface area contributed by atoms with E-state index in [1.807, 2.05) is 0 Å². The Hall–Kier alpha value is -0.610. The summed E-state index contributed by atoms with van der Waals surface area (Å²) < 4.78 is 11.2. The van der Waals surface area contributed by atoms with E-state index in [9.17, 15) is 4.79 Å². The first-order chi connectivity index (χ1) is 11.5. The van der Waals surface area contributed by atoms with Crippen LogP contribution in [-0.4, -0.2) is 75.4 Å². The quantitative estimate of drug-likeness (QED) is 0.336. The van der Waals surface area contributed by atoms with Crippen molar-refractivity contribution in [3.05, 3.63) is 0 Å². The van der Waals surface area contributed by atoms with Crippen LogP contribution in [0.4, 0.5) is 0 Å². The van der Waals surface area contributed by atoms with Crippen LogP contribution in [-0.2, 0) is 14.3 Å². The predicted molar refractivity (Wildman–Crippen MR) is 110 cm³/mol. The number of nitrogens with zero attached hydrogens (tertiary/aromatic N) is 2. The molecule has 2 N–H and O–H groups in total. The van der Waals surface area contributed by atoms with Crippen molar-refractivity contribution in [3.8, 4) is 0 Å². The Morgan fingerprint density at radius 1 is 1.32 bits per heavy atom. The number of ether oxygens (including phenoxy) is 2. The molecule has 1 amide bonds. The van der Waals surface area contributed by atoms with Gasteiger partial charge in [-0.25, -0.2) is 4.99 Å².